The highest BCUT2D eigenvalue weighted by atomic mass is 79.9. The Balaban J connectivity index is 2.40. The van der Waals surface area contributed by atoms with Crippen molar-refractivity contribution >= 4 is 21.7 Å². The average Bonchev–Trinajstić information content (AvgIpc) is 2.33. The Morgan fingerprint density at radius 1 is 1.16 bits per heavy atom. The van der Waals surface area contributed by atoms with Crippen molar-refractivity contribution in [2.45, 2.75) is 6.92 Å². The van der Waals surface area contributed by atoms with Crippen LogP contribution in [0.15, 0.2) is 40.9 Å². The molecule has 98 valence electrons. The molecule has 0 aliphatic heterocycles. The lowest BCUT2D eigenvalue weighted by Gasteiger charge is -2.10. The summed E-state index contributed by atoms with van der Waals surface area (Å²) in [6, 6.07) is 8.19. The number of halogens is 3. The molecule has 0 spiro atoms. The number of carbonyl (C=O) groups is 1. The van der Waals surface area contributed by atoms with Gasteiger partial charge in [-0.2, -0.15) is 0 Å². The van der Waals surface area contributed by atoms with E-state index in [4.69, 9.17) is 4.74 Å². The van der Waals surface area contributed by atoms with Crippen molar-refractivity contribution in [2.24, 2.45) is 0 Å². The van der Waals surface area contributed by atoms with Gasteiger partial charge in [0.15, 0.2) is 5.78 Å². The Labute approximate surface area is 117 Å². The van der Waals surface area contributed by atoms with E-state index in [1.165, 1.54) is 37.3 Å². The van der Waals surface area contributed by atoms with Crippen LogP contribution in [0.2, 0.25) is 0 Å². The first-order chi connectivity index (χ1) is 8.99. The highest BCUT2D eigenvalue weighted by Crippen LogP contribution is 2.29. The molecule has 2 aromatic rings. The lowest BCUT2D eigenvalue weighted by atomic mass is 10.1. The predicted molar refractivity (Wildman–Crippen MR) is 70.6 cm³/mol. The third-order valence-electron chi connectivity index (χ3n) is 2.45. The van der Waals surface area contributed by atoms with Gasteiger partial charge < -0.3 is 4.74 Å². The third kappa shape index (κ3) is 2.98. The van der Waals surface area contributed by atoms with Gasteiger partial charge in [-0.05, 0) is 47.1 Å². The topological polar surface area (TPSA) is 26.3 Å². The number of ether oxygens (including phenoxy) is 1. The number of Topliss-reactive ketones (excluding diaryl/α,β-unsaturated/α-hetero) is 1. The summed E-state index contributed by atoms with van der Waals surface area (Å²) in [7, 11) is 0. The monoisotopic (exact) mass is 326 g/mol. The maximum absolute atomic E-state index is 13.6. The van der Waals surface area contributed by atoms with Gasteiger partial charge in [0.2, 0.25) is 0 Å². The van der Waals surface area contributed by atoms with E-state index in [-0.39, 0.29) is 17.1 Å². The number of hydrogen-bond acceptors (Lipinski definition) is 2. The van der Waals surface area contributed by atoms with Crippen LogP contribution in [0.25, 0.3) is 0 Å². The molecule has 2 nitrogen and oxygen atoms in total. The van der Waals surface area contributed by atoms with E-state index >= 15 is 0 Å². The van der Waals surface area contributed by atoms with Crippen LogP contribution in [0, 0.1) is 11.6 Å². The molecule has 0 saturated carbocycles. The molecule has 0 amide bonds. The number of rotatable bonds is 3. The van der Waals surface area contributed by atoms with Crippen molar-refractivity contribution < 1.29 is 18.3 Å². The summed E-state index contributed by atoms with van der Waals surface area (Å²) in [5, 5.41) is 0. The molecule has 0 unspecified atom stereocenters. The van der Waals surface area contributed by atoms with Gasteiger partial charge in [-0.1, -0.05) is 6.07 Å². The van der Waals surface area contributed by atoms with Gasteiger partial charge in [-0.3, -0.25) is 4.79 Å². The fourth-order valence-electron chi connectivity index (χ4n) is 1.60. The molecular formula is C14H9BrF2O2. The van der Waals surface area contributed by atoms with E-state index < -0.39 is 17.4 Å². The molecule has 0 aromatic heterocycles. The zero-order valence-electron chi connectivity index (χ0n) is 9.91. The predicted octanol–water partition coefficient (Wildman–Crippen LogP) is 4.72. The van der Waals surface area contributed by atoms with Gasteiger partial charge >= 0.3 is 0 Å². The summed E-state index contributed by atoms with van der Waals surface area (Å²) in [4.78, 5) is 11.4. The second-order valence-corrected chi connectivity index (χ2v) is 4.70. The van der Waals surface area contributed by atoms with E-state index in [0.717, 1.165) is 6.07 Å². The summed E-state index contributed by atoms with van der Waals surface area (Å²) in [6.45, 7) is 1.24. The van der Waals surface area contributed by atoms with Crippen molar-refractivity contribution in [3.63, 3.8) is 0 Å². The van der Waals surface area contributed by atoms with Crippen LogP contribution < -0.4 is 4.74 Å². The molecule has 0 aliphatic carbocycles. The van der Waals surface area contributed by atoms with Gasteiger partial charge in [0.1, 0.15) is 23.1 Å². The zero-order valence-corrected chi connectivity index (χ0v) is 11.5. The van der Waals surface area contributed by atoms with Crippen LogP contribution in [0.5, 0.6) is 11.5 Å². The van der Waals surface area contributed by atoms with Gasteiger partial charge in [-0.25, -0.2) is 8.78 Å². The van der Waals surface area contributed by atoms with E-state index in [0.29, 0.717) is 4.47 Å². The lowest BCUT2D eigenvalue weighted by Crippen LogP contribution is -2.01. The molecule has 0 aliphatic rings. The highest BCUT2D eigenvalue weighted by molar-refractivity contribution is 9.10. The Morgan fingerprint density at radius 2 is 1.89 bits per heavy atom. The van der Waals surface area contributed by atoms with Gasteiger partial charge in [0.25, 0.3) is 0 Å². The standard InChI is InChI=1S/C14H9BrF2O2/c1-8(18)14-11(16)3-2-4-13(14)19-9-5-6-10(15)12(17)7-9/h2-7H,1H3. The Bertz CT molecular complexity index is 641. The van der Waals surface area contributed by atoms with Crippen LogP contribution in [0.4, 0.5) is 8.78 Å². The quantitative estimate of drug-likeness (QED) is 0.763. The van der Waals surface area contributed by atoms with Gasteiger partial charge in [-0.15, -0.1) is 0 Å². The van der Waals surface area contributed by atoms with Crippen LogP contribution in [0.1, 0.15) is 17.3 Å². The van der Waals surface area contributed by atoms with Crippen LogP contribution in [-0.4, -0.2) is 5.78 Å². The summed E-state index contributed by atoms with van der Waals surface area (Å²) in [6.07, 6.45) is 0. The van der Waals surface area contributed by atoms with E-state index in [2.05, 4.69) is 15.9 Å². The van der Waals surface area contributed by atoms with Gasteiger partial charge in [0, 0.05) is 6.07 Å². The molecule has 0 bridgehead atoms. The minimum atomic E-state index is -0.664. The SMILES string of the molecule is CC(=O)c1c(F)cccc1Oc1ccc(Br)c(F)c1. The summed E-state index contributed by atoms with van der Waals surface area (Å²) < 4.78 is 32.6. The Hall–Kier alpha value is -1.75. The minimum Gasteiger partial charge on any atom is -0.456 e. The molecule has 0 N–H and O–H groups in total. The molecule has 5 heteroatoms. The average molecular weight is 327 g/mol. The maximum Gasteiger partial charge on any atom is 0.166 e. The van der Waals surface area contributed by atoms with Crippen molar-refractivity contribution in [1.29, 1.82) is 0 Å². The molecule has 0 atom stereocenters. The molecule has 19 heavy (non-hydrogen) atoms. The number of carbonyl (C=O) groups excluding carboxylic acids is 1. The smallest absolute Gasteiger partial charge is 0.166 e. The van der Waals surface area contributed by atoms with Crippen molar-refractivity contribution in [2.75, 3.05) is 0 Å². The lowest BCUT2D eigenvalue weighted by molar-refractivity contribution is 0.101. The van der Waals surface area contributed by atoms with Crippen molar-refractivity contribution in [1.82, 2.24) is 0 Å². The van der Waals surface area contributed by atoms with Crippen molar-refractivity contribution in [3.05, 3.63) is 58.1 Å². The molecule has 0 fully saturated rings. The first-order valence-corrected chi connectivity index (χ1v) is 6.20. The number of hydrogen-bond donors (Lipinski definition) is 0. The Morgan fingerprint density at radius 3 is 2.53 bits per heavy atom. The highest BCUT2D eigenvalue weighted by Gasteiger charge is 2.15. The first-order valence-electron chi connectivity index (χ1n) is 5.41. The second kappa shape index (κ2) is 5.48. The van der Waals surface area contributed by atoms with Crippen LogP contribution >= 0.6 is 15.9 Å². The molecular weight excluding hydrogens is 318 g/mol. The fourth-order valence-corrected chi connectivity index (χ4v) is 1.85. The second-order valence-electron chi connectivity index (χ2n) is 3.85. The van der Waals surface area contributed by atoms with Crippen LogP contribution in [0.3, 0.4) is 0 Å². The first kappa shape index (κ1) is 13.7. The summed E-state index contributed by atoms with van der Waals surface area (Å²) in [5.74, 6) is -1.37. The normalized spacial score (nSPS) is 10.3. The molecule has 0 heterocycles. The zero-order chi connectivity index (χ0) is 14.0. The number of benzene rings is 2. The van der Waals surface area contributed by atoms with Crippen molar-refractivity contribution in [3.8, 4) is 11.5 Å². The summed E-state index contributed by atoms with van der Waals surface area (Å²) in [5.41, 5.74) is -0.147. The summed E-state index contributed by atoms with van der Waals surface area (Å²) >= 11 is 3.02. The molecule has 0 saturated heterocycles. The van der Waals surface area contributed by atoms with E-state index in [9.17, 15) is 13.6 Å². The van der Waals surface area contributed by atoms with Crippen LogP contribution in [-0.2, 0) is 0 Å². The molecule has 0 radical (unpaired) electrons. The maximum atomic E-state index is 13.6. The van der Waals surface area contributed by atoms with Gasteiger partial charge in [0.05, 0.1) is 10.0 Å². The third-order valence-corrected chi connectivity index (χ3v) is 3.09. The molecule has 2 rings (SSSR count). The van der Waals surface area contributed by atoms with E-state index in [1.807, 2.05) is 0 Å². The molecule has 2 aromatic carbocycles. The largest absolute Gasteiger partial charge is 0.456 e. The van der Waals surface area contributed by atoms with E-state index in [1.54, 1.807) is 0 Å². The Kier molecular flexibility index (Phi) is 3.95. The fraction of sp³-hybridized carbons (Fsp3) is 0.0714. The number of ketones is 1. The minimum absolute atomic E-state index is 0.0641.